The average Bonchev–Trinajstić information content (AvgIpc) is 2.63. The van der Waals surface area contributed by atoms with Crippen molar-refractivity contribution in [3.63, 3.8) is 0 Å². The Hall–Kier alpha value is -2.74. The van der Waals surface area contributed by atoms with E-state index >= 15 is 0 Å². The molecule has 0 radical (unpaired) electrons. The SMILES string of the molecule is CC(C)(C)Cc1cc2c3c(nccc3c1)-c1cc3ncccc3cc1C2(C)C. The number of hydrogen-bond donors (Lipinski definition) is 0. The van der Waals surface area contributed by atoms with Crippen molar-refractivity contribution in [1.29, 1.82) is 0 Å². The maximum atomic E-state index is 4.83. The second-order valence-electron chi connectivity index (χ2n) is 9.86. The van der Waals surface area contributed by atoms with Crippen LogP contribution in [0.4, 0.5) is 0 Å². The molecule has 0 saturated carbocycles. The van der Waals surface area contributed by atoms with E-state index in [1.54, 1.807) is 0 Å². The second kappa shape index (κ2) is 5.64. The molecule has 0 fully saturated rings. The molecule has 0 N–H and O–H groups in total. The predicted molar refractivity (Wildman–Crippen MR) is 118 cm³/mol. The monoisotopic (exact) mass is 366 g/mol. The van der Waals surface area contributed by atoms with E-state index in [0.29, 0.717) is 0 Å². The van der Waals surface area contributed by atoms with Crippen LogP contribution >= 0.6 is 0 Å². The van der Waals surface area contributed by atoms with Gasteiger partial charge in [-0.3, -0.25) is 9.97 Å². The summed E-state index contributed by atoms with van der Waals surface area (Å²) in [5, 5.41) is 3.78. The Labute approximate surface area is 166 Å². The van der Waals surface area contributed by atoms with Crippen molar-refractivity contribution in [3.8, 4) is 11.3 Å². The minimum atomic E-state index is -0.0818. The van der Waals surface area contributed by atoms with Crippen LogP contribution in [0.2, 0.25) is 0 Å². The summed E-state index contributed by atoms with van der Waals surface area (Å²) in [5.41, 5.74) is 7.66. The first kappa shape index (κ1) is 17.4. The molecule has 2 aromatic carbocycles. The van der Waals surface area contributed by atoms with Crippen molar-refractivity contribution in [3.05, 3.63) is 71.5 Å². The minimum absolute atomic E-state index is 0.0818. The van der Waals surface area contributed by atoms with Crippen LogP contribution in [-0.2, 0) is 11.8 Å². The van der Waals surface area contributed by atoms with Crippen LogP contribution in [0.25, 0.3) is 32.9 Å². The number of rotatable bonds is 1. The van der Waals surface area contributed by atoms with Gasteiger partial charge in [-0.25, -0.2) is 0 Å². The first-order valence-corrected chi connectivity index (χ1v) is 10.1. The molecule has 0 saturated heterocycles. The molecule has 2 nitrogen and oxygen atoms in total. The Kier molecular flexibility index (Phi) is 3.49. The Morgan fingerprint density at radius 3 is 2.46 bits per heavy atom. The van der Waals surface area contributed by atoms with Crippen molar-refractivity contribution in [1.82, 2.24) is 9.97 Å². The first-order chi connectivity index (χ1) is 13.2. The van der Waals surface area contributed by atoms with E-state index in [-0.39, 0.29) is 10.8 Å². The van der Waals surface area contributed by atoms with Gasteiger partial charge in [0.1, 0.15) is 0 Å². The first-order valence-electron chi connectivity index (χ1n) is 10.1. The summed E-state index contributed by atoms with van der Waals surface area (Å²) >= 11 is 0. The molecule has 2 heteroatoms. The maximum Gasteiger partial charge on any atom is 0.0787 e. The summed E-state index contributed by atoms with van der Waals surface area (Å²) in [6.07, 6.45) is 4.88. The van der Waals surface area contributed by atoms with Crippen LogP contribution < -0.4 is 0 Å². The molecule has 0 unspecified atom stereocenters. The van der Waals surface area contributed by atoms with E-state index in [1.807, 2.05) is 18.5 Å². The van der Waals surface area contributed by atoms with Gasteiger partial charge in [0.15, 0.2) is 0 Å². The summed E-state index contributed by atoms with van der Waals surface area (Å²) in [7, 11) is 0. The lowest BCUT2D eigenvalue weighted by molar-refractivity contribution is 0.411. The molecular formula is C26H26N2. The quantitative estimate of drug-likeness (QED) is 0.375. The summed E-state index contributed by atoms with van der Waals surface area (Å²) < 4.78 is 0. The van der Waals surface area contributed by atoms with E-state index in [4.69, 9.17) is 4.98 Å². The number of hydrogen-bond acceptors (Lipinski definition) is 2. The molecule has 2 heterocycles. The van der Waals surface area contributed by atoms with Crippen molar-refractivity contribution in [2.75, 3.05) is 0 Å². The zero-order chi connectivity index (χ0) is 19.7. The third kappa shape index (κ3) is 2.55. The lowest BCUT2D eigenvalue weighted by atomic mass is 9.68. The van der Waals surface area contributed by atoms with Crippen LogP contribution in [0.3, 0.4) is 0 Å². The standard InChI is InChI=1S/C26H26N2/c1-25(2,3)15-16-11-18-8-10-28-24-19-14-22-17(7-6-9-27-22)13-20(19)26(4,5)21(12-16)23(18)24/h6-14H,15H2,1-5H3. The third-order valence-corrected chi connectivity index (χ3v) is 6.00. The Bertz CT molecular complexity index is 1240. The fourth-order valence-corrected chi connectivity index (χ4v) is 4.77. The van der Waals surface area contributed by atoms with Gasteiger partial charge >= 0.3 is 0 Å². The highest BCUT2D eigenvalue weighted by atomic mass is 14.7. The van der Waals surface area contributed by atoms with Gasteiger partial charge in [-0.2, -0.15) is 0 Å². The van der Waals surface area contributed by atoms with Crippen molar-refractivity contribution >= 4 is 21.7 Å². The van der Waals surface area contributed by atoms with Crippen LogP contribution in [0, 0.1) is 5.41 Å². The summed E-state index contributed by atoms with van der Waals surface area (Å²) in [4.78, 5) is 9.41. The smallest absolute Gasteiger partial charge is 0.0787 e. The van der Waals surface area contributed by atoms with Crippen molar-refractivity contribution < 1.29 is 0 Å². The molecule has 2 aromatic heterocycles. The average molecular weight is 367 g/mol. The van der Waals surface area contributed by atoms with Crippen LogP contribution in [-0.4, -0.2) is 9.97 Å². The molecule has 0 aliphatic heterocycles. The van der Waals surface area contributed by atoms with E-state index in [0.717, 1.165) is 17.6 Å². The van der Waals surface area contributed by atoms with Crippen LogP contribution in [0.1, 0.15) is 51.3 Å². The summed E-state index contributed by atoms with van der Waals surface area (Å²) in [5.74, 6) is 0. The highest BCUT2D eigenvalue weighted by Crippen LogP contribution is 2.49. The number of pyridine rings is 2. The van der Waals surface area contributed by atoms with E-state index in [1.165, 1.54) is 38.4 Å². The minimum Gasteiger partial charge on any atom is -0.256 e. The fraction of sp³-hybridized carbons (Fsp3) is 0.308. The topological polar surface area (TPSA) is 25.8 Å². The molecule has 1 aliphatic rings. The lowest BCUT2D eigenvalue weighted by Crippen LogP contribution is -2.25. The molecule has 1 aliphatic carbocycles. The molecule has 5 rings (SSSR count). The summed E-state index contributed by atoms with van der Waals surface area (Å²) in [6, 6.07) is 15.6. The second-order valence-corrected chi connectivity index (χ2v) is 9.86. The molecule has 0 spiro atoms. The van der Waals surface area contributed by atoms with Crippen molar-refractivity contribution in [2.24, 2.45) is 5.41 Å². The molecule has 0 bridgehead atoms. The van der Waals surface area contributed by atoms with Gasteiger partial charge in [0.25, 0.3) is 0 Å². The van der Waals surface area contributed by atoms with Gasteiger partial charge in [0.2, 0.25) is 0 Å². The number of nitrogens with zero attached hydrogens (tertiary/aromatic N) is 2. The molecular weight excluding hydrogens is 340 g/mol. The number of benzene rings is 2. The number of aromatic nitrogens is 2. The van der Waals surface area contributed by atoms with Gasteiger partial charge < -0.3 is 0 Å². The predicted octanol–water partition coefficient (Wildman–Crippen LogP) is 6.68. The molecule has 0 amide bonds. The Morgan fingerprint density at radius 1 is 0.857 bits per heavy atom. The highest BCUT2D eigenvalue weighted by Gasteiger charge is 2.35. The van der Waals surface area contributed by atoms with Crippen LogP contribution in [0.5, 0.6) is 0 Å². The van der Waals surface area contributed by atoms with Gasteiger partial charge in [0, 0.05) is 34.1 Å². The Morgan fingerprint density at radius 2 is 1.68 bits per heavy atom. The van der Waals surface area contributed by atoms with E-state index in [2.05, 4.69) is 76.0 Å². The Balaban J connectivity index is 1.87. The highest BCUT2D eigenvalue weighted by molar-refractivity contribution is 6.03. The fourth-order valence-electron chi connectivity index (χ4n) is 4.77. The summed E-state index contributed by atoms with van der Waals surface area (Å²) in [6.45, 7) is 11.6. The normalized spacial score (nSPS) is 15.0. The van der Waals surface area contributed by atoms with Gasteiger partial charge in [-0.05, 0) is 58.2 Å². The zero-order valence-corrected chi connectivity index (χ0v) is 17.3. The van der Waals surface area contributed by atoms with Crippen molar-refractivity contribution in [2.45, 2.75) is 46.5 Å². The zero-order valence-electron chi connectivity index (χ0n) is 17.3. The third-order valence-electron chi connectivity index (χ3n) is 6.00. The van der Waals surface area contributed by atoms with Gasteiger partial charge in [-0.15, -0.1) is 0 Å². The molecule has 0 atom stereocenters. The number of fused-ring (bicyclic) bond motifs is 3. The maximum absolute atomic E-state index is 4.83. The lowest BCUT2D eigenvalue weighted by Gasteiger charge is -2.35. The van der Waals surface area contributed by atoms with Gasteiger partial charge in [-0.1, -0.05) is 52.8 Å². The van der Waals surface area contributed by atoms with Crippen LogP contribution in [0.15, 0.2) is 54.9 Å². The van der Waals surface area contributed by atoms with E-state index in [9.17, 15) is 0 Å². The largest absolute Gasteiger partial charge is 0.256 e. The molecule has 4 aromatic rings. The van der Waals surface area contributed by atoms with E-state index < -0.39 is 0 Å². The van der Waals surface area contributed by atoms with Gasteiger partial charge in [0.05, 0.1) is 11.2 Å². The molecule has 28 heavy (non-hydrogen) atoms. The molecule has 140 valence electrons.